The average molecular weight is 401 g/mol. The fourth-order valence-corrected chi connectivity index (χ4v) is 2.76. The molecule has 4 rings (SSSR count). The third-order valence-electron chi connectivity index (χ3n) is 3.52. The Labute approximate surface area is 151 Å². The normalized spacial score (nSPS) is 12.2. The van der Waals surface area contributed by atoms with Gasteiger partial charge in [0, 0.05) is 11.2 Å². The minimum absolute atomic E-state index is 0.0254. The first-order valence-electron chi connectivity index (χ1n) is 6.93. The molecule has 3 heterocycles. The Bertz CT molecular complexity index is 1230. The van der Waals surface area contributed by atoms with E-state index in [-0.39, 0.29) is 21.8 Å². The molecule has 3 aromatic heterocycles. The van der Waals surface area contributed by atoms with Gasteiger partial charge in [0.2, 0.25) is 0 Å². The summed E-state index contributed by atoms with van der Waals surface area (Å²) in [5, 5.41) is 11.2. The van der Waals surface area contributed by atoms with E-state index in [2.05, 4.69) is 20.3 Å². The number of nitrogens with zero attached hydrogens (tertiary/aromatic N) is 6. The summed E-state index contributed by atoms with van der Waals surface area (Å²) in [6, 6.07) is 5.90. The van der Waals surface area contributed by atoms with Crippen molar-refractivity contribution >= 4 is 40.0 Å². The standard InChI is InChI=1S/C14H5Cl2F3N6O/c15-6-1-2-7(16)9(5-6)24-4-3-8-10(11(24)26)21-22-13-20-12(14(17,18)19)23-25(8)13/h1-5H. The van der Waals surface area contributed by atoms with Gasteiger partial charge in [-0.3, -0.25) is 9.36 Å². The van der Waals surface area contributed by atoms with Crippen molar-refractivity contribution < 1.29 is 13.2 Å². The Morgan fingerprint density at radius 3 is 2.58 bits per heavy atom. The predicted octanol–water partition coefficient (Wildman–Crippen LogP) is 3.15. The molecule has 0 bridgehead atoms. The summed E-state index contributed by atoms with van der Waals surface area (Å²) in [5.41, 5.74) is -0.528. The monoisotopic (exact) mass is 400 g/mol. The van der Waals surface area contributed by atoms with Crippen molar-refractivity contribution in [3.05, 3.63) is 56.7 Å². The van der Waals surface area contributed by atoms with Crippen molar-refractivity contribution in [2.45, 2.75) is 6.18 Å². The van der Waals surface area contributed by atoms with Crippen LogP contribution in [0.25, 0.3) is 22.5 Å². The molecule has 0 amide bonds. The summed E-state index contributed by atoms with van der Waals surface area (Å²) in [4.78, 5) is 16.0. The molecular formula is C14H5Cl2F3N6O. The zero-order valence-corrected chi connectivity index (χ0v) is 13.9. The van der Waals surface area contributed by atoms with Gasteiger partial charge in [-0.25, -0.2) is 0 Å². The first-order chi connectivity index (χ1) is 12.3. The van der Waals surface area contributed by atoms with Gasteiger partial charge in [0.15, 0.2) is 5.52 Å². The highest BCUT2D eigenvalue weighted by molar-refractivity contribution is 6.34. The molecule has 0 aliphatic carbocycles. The zero-order valence-electron chi connectivity index (χ0n) is 12.4. The van der Waals surface area contributed by atoms with Crippen LogP contribution in [0.5, 0.6) is 0 Å². The van der Waals surface area contributed by atoms with Gasteiger partial charge in [0.25, 0.3) is 17.2 Å². The molecule has 7 nitrogen and oxygen atoms in total. The zero-order chi connectivity index (χ0) is 18.6. The number of halogens is 5. The van der Waals surface area contributed by atoms with Gasteiger partial charge in [-0.2, -0.15) is 22.7 Å². The number of benzene rings is 1. The number of aromatic nitrogens is 6. The molecule has 0 fully saturated rings. The largest absolute Gasteiger partial charge is 0.453 e. The van der Waals surface area contributed by atoms with Crippen LogP contribution in [-0.2, 0) is 6.18 Å². The number of alkyl halides is 3. The van der Waals surface area contributed by atoms with Crippen LogP contribution in [0.3, 0.4) is 0 Å². The smallest absolute Gasteiger partial charge is 0.281 e. The molecule has 0 aliphatic heterocycles. The van der Waals surface area contributed by atoms with E-state index in [0.29, 0.717) is 10.7 Å². The summed E-state index contributed by atoms with van der Waals surface area (Å²) in [5.74, 6) is -1.75. The van der Waals surface area contributed by atoms with E-state index >= 15 is 0 Å². The Morgan fingerprint density at radius 2 is 1.85 bits per heavy atom. The van der Waals surface area contributed by atoms with Crippen molar-refractivity contribution in [3.8, 4) is 5.69 Å². The van der Waals surface area contributed by atoms with E-state index in [1.54, 1.807) is 6.07 Å². The molecular weight excluding hydrogens is 396 g/mol. The van der Waals surface area contributed by atoms with E-state index in [4.69, 9.17) is 23.2 Å². The molecule has 0 N–H and O–H groups in total. The Hall–Kier alpha value is -2.72. The Kier molecular flexibility index (Phi) is 3.63. The summed E-state index contributed by atoms with van der Waals surface area (Å²) in [7, 11) is 0. The lowest BCUT2D eigenvalue weighted by Gasteiger charge is -2.09. The van der Waals surface area contributed by atoms with Crippen LogP contribution >= 0.6 is 23.2 Å². The molecule has 0 atom stereocenters. The van der Waals surface area contributed by atoms with Gasteiger partial charge in [0.1, 0.15) is 5.52 Å². The van der Waals surface area contributed by atoms with Crippen molar-refractivity contribution in [2.24, 2.45) is 0 Å². The summed E-state index contributed by atoms with van der Waals surface area (Å²) >= 11 is 12.0. The topological polar surface area (TPSA) is 78.0 Å². The predicted molar refractivity (Wildman–Crippen MR) is 86.7 cm³/mol. The Morgan fingerprint density at radius 1 is 1.08 bits per heavy atom. The SMILES string of the molecule is O=c1c2nnc3nc(C(F)(F)F)nn3c2ccn1-c1cc(Cl)ccc1Cl. The maximum absolute atomic E-state index is 12.8. The highest BCUT2D eigenvalue weighted by Gasteiger charge is 2.36. The molecule has 0 radical (unpaired) electrons. The minimum atomic E-state index is -4.75. The van der Waals surface area contributed by atoms with E-state index in [9.17, 15) is 18.0 Å². The lowest BCUT2D eigenvalue weighted by Crippen LogP contribution is -2.20. The van der Waals surface area contributed by atoms with Crippen LogP contribution in [-0.4, -0.2) is 29.4 Å². The molecule has 0 aliphatic rings. The highest BCUT2D eigenvalue weighted by Crippen LogP contribution is 2.27. The fourth-order valence-electron chi connectivity index (χ4n) is 2.39. The average Bonchev–Trinajstić information content (AvgIpc) is 3.02. The first-order valence-corrected chi connectivity index (χ1v) is 7.69. The number of fused-ring (bicyclic) bond motifs is 3. The third kappa shape index (κ3) is 2.58. The number of rotatable bonds is 1. The Balaban J connectivity index is 2.01. The highest BCUT2D eigenvalue weighted by atomic mass is 35.5. The molecule has 132 valence electrons. The summed E-state index contributed by atoms with van der Waals surface area (Å²) < 4.78 is 40.4. The van der Waals surface area contributed by atoms with E-state index in [0.717, 1.165) is 4.52 Å². The molecule has 0 spiro atoms. The fraction of sp³-hybridized carbons (Fsp3) is 0.0714. The molecule has 4 aromatic rings. The van der Waals surface area contributed by atoms with Crippen molar-refractivity contribution in [2.75, 3.05) is 0 Å². The maximum atomic E-state index is 12.8. The molecule has 1 aromatic carbocycles. The first kappa shape index (κ1) is 16.7. The second kappa shape index (κ2) is 5.64. The van der Waals surface area contributed by atoms with E-state index in [1.165, 1.54) is 29.0 Å². The van der Waals surface area contributed by atoms with Crippen LogP contribution in [0.15, 0.2) is 35.3 Å². The van der Waals surface area contributed by atoms with Gasteiger partial charge < -0.3 is 0 Å². The summed E-state index contributed by atoms with van der Waals surface area (Å²) in [6.45, 7) is 0. The van der Waals surface area contributed by atoms with Crippen LogP contribution in [0.4, 0.5) is 13.2 Å². The lowest BCUT2D eigenvalue weighted by atomic mass is 10.3. The second-order valence-electron chi connectivity index (χ2n) is 5.17. The second-order valence-corrected chi connectivity index (χ2v) is 6.01. The van der Waals surface area contributed by atoms with Crippen molar-refractivity contribution in [1.82, 2.24) is 29.4 Å². The van der Waals surface area contributed by atoms with E-state index in [1.807, 2.05) is 0 Å². The van der Waals surface area contributed by atoms with Gasteiger partial charge in [0.05, 0.1) is 10.7 Å². The number of hydrogen-bond donors (Lipinski definition) is 0. The van der Waals surface area contributed by atoms with Crippen LogP contribution in [0, 0.1) is 0 Å². The van der Waals surface area contributed by atoms with Crippen LogP contribution in [0.2, 0.25) is 10.0 Å². The third-order valence-corrected chi connectivity index (χ3v) is 4.08. The van der Waals surface area contributed by atoms with Gasteiger partial charge >= 0.3 is 6.18 Å². The van der Waals surface area contributed by atoms with Crippen LogP contribution in [0.1, 0.15) is 5.82 Å². The minimum Gasteiger partial charge on any atom is -0.281 e. The van der Waals surface area contributed by atoms with Crippen molar-refractivity contribution in [1.29, 1.82) is 0 Å². The maximum Gasteiger partial charge on any atom is 0.453 e. The van der Waals surface area contributed by atoms with Gasteiger partial charge in [-0.1, -0.05) is 23.2 Å². The quantitative estimate of drug-likeness (QED) is 0.490. The van der Waals surface area contributed by atoms with Gasteiger partial charge in [-0.15, -0.1) is 15.3 Å². The molecule has 26 heavy (non-hydrogen) atoms. The van der Waals surface area contributed by atoms with Gasteiger partial charge in [-0.05, 0) is 24.3 Å². The molecule has 12 heteroatoms. The summed E-state index contributed by atoms with van der Waals surface area (Å²) in [6.07, 6.45) is -3.42. The molecule has 0 saturated heterocycles. The molecule has 0 saturated carbocycles. The van der Waals surface area contributed by atoms with E-state index < -0.39 is 17.6 Å². The lowest BCUT2D eigenvalue weighted by molar-refractivity contribution is -0.144. The number of pyridine rings is 1. The molecule has 0 unspecified atom stereocenters. The number of hydrogen-bond acceptors (Lipinski definition) is 5. The van der Waals surface area contributed by atoms with Crippen molar-refractivity contribution in [3.63, 3.8) is 0 Å². The van der Waals surface area contributed by atoms with Crippen LogP contribution < -0.4 is 5.56 Å².